The fraction of sp³-hybridized carbons (Fsp3) is 0.118. The monoisotopic (exact) mass is 325 g/mol. The van der Waals surface area contributed by atoms with Crippen molar-refractivity contribution in [1.29, 1.82) is 0 Å². The van der Waals surface area contributed by atoms with E-state index in [0.29, 0.717) is 0 Å². The van der Waals surface area contributed by atoms with Crippen molar-refractivity contribution in [3.63, 3.8) is 0 Å². The molecule has 0 fully saturated rings. The van der Waals surface area contributed by atoms with Crippen LogP contribution in [-0.2, 0) is 6.42 Å². The zero-order chi connectivity index (χ0) is 13.7. The van der Waals surface area contributed by atoms with E-state index in [1.807, 2.05) is 36.5 Å². The van der Waals surface area contributed by atoms with Gasteiger partial charge in [-0.2, -0.15) is 0 Å². The number of hydrogen-bond donors (Lipinski definition) is 1. The third-order valence-corrected chi connectivity index (χ3v) is 4.57. The first-order valence-corrected chi connectivity index (χ1v) is 7.42. The Hall–Kier alpha value is -1.87. The highest BCUT2D eigenvalue weighted by Crippen LogP contribution is 2.38. The van der Waals surface area contributed by atoms with Gasteiger partial charge in [-0.25, -0.2) is 0 Å². The lowest BCUT2D eigenvalue weighted by Gasteiger charge is -2.28. The van der Waals surface area contributed by atoms with Crippen LogP contribution in [0.1, 0.15) is 27.4 Å². The number of fused-ring (bicyclic) bond motifs is 2. The van der Waals surface area contributed by atoms with Crippen LogP contribution in [0.4, 0.5) is 0 Å². The van der Waals surface area contributed by atoms with Crippen molar-refractivity contribution in [2.24, 2.45) is 0 Å². The van der Waals surface area contributed by atoms with E-state index in [9.17, 15) is 4.79 Å². The Kier molecular flexibility index (Phi) is 2.57. The molecule has 2 aromatic carbocycles. The van der Waals surface area contributed by atoms with Crippen molar-refractivity contribution in [2.45, 2.75) is 12.3 Å². The Morgan fingerprint density at radius 3 is 2.90 bits per heavy atom. The van der Waals surface area contributed by atoms with Gasteiger partial charge in [-0.3, -0.25) is 4.79 Å². The van der Waals surface area contributed by atoms with Gasteiger partial charge in [0.15, 0.2) is 5.78 Å². The standard InChI is InChI=1S/C17H12BrNO/c18-11-5-6-16-13(8-11)15(9-19-16)17(20)14-7-10-3-1-2-4-12(10)14/h1-6,8-9,14,19H,7H2. The van der Waals surface area contributed by atoms with E-state index in [4.69, 9.17) is 0 Å². The molecule has 1 aromatic heterocycles. The number of rotatable bonds is 2. The van der Waals surface area contributed by atoms with E-state index in [-0.39, 0.29) is 11.7 Å². The number of ketones is 1. The molecule has 3 aromatic rings. The van der Waals surface area contributed by atoms with Crippen molar-refractivity contribution in [3.8, 4) is 0 Å². The number of hydrogen-bond acceptors (Lipinski definition) is 1. The molecule has 20 heavy (non-hydrogen) atoms. The topological polar surface area (TPSA) is 32.9 Å². The Bertz CT molecular complexity index is 834. The predicted octanol–water partition coefficient (Wildman–Crippen LogP) is 4.45. The first kappa shape index (κ1) is 11.9. The summed E-state index contributed by atoms with van der Waals surface area (Å²) in [5.41, 5.74) is 4.28. The molecule has 1 unspecified atom stereocenters. The normalized spacial score (nSPS) is 16.8. The van der Waals surface area contributed by atoms with Crippen LogP contribution in [0.5, 0.6) is 0 Å². The summed E-state index contributed by atoms with van der Waals surface area (Å²) in [4.78, 5) is 15.9. The van der Waals surface area contributed by atoms with Gasteiger partial charge in [-0.05, 0) is 35.7 Å². The van der Waals surface area contributed by atoms with Crippen molar-refractivity contribution >= 4 is 32.6 Å². The van der Waals surface area contributed by atoms with Crippen LogP contribution in [0.25, 0.3) is 10.9 Å². The van der Waals surface area contributed by atoms with Crippen LogP contribution in [0.3, 0.4) is 0 Å². The van der Waals surface area contributed by atoms with Gasteiger partial charge in [0.25, 0.3) is 0 Å². The molecule has 4 rings (SSSR count). The zero-order valence-corrected chi connectivity index (χ0v) is 12.3. The number of carbonyl (C=O) groups is 1. The molecule has 1 aliphatic carbocycles. The van der Waals surface area contributed by atoms with Crippen molar-refractivity contribution in [3.05, 3.63) is 69.8 Å². The molecule has 0 radical (unpaired) electrons. The van der Waals surface area contributed by atoms with Gasteiger partial charge < -0.3 is 4.98 Å². The first-order valence-electron chi connectivity index (χ1n) is 6.62. The number of Topliss-reactive ketones (excluding diaryl/α,β-unsaturated/α-hetero) is 1. The molecule has 1 heterocycles. The van der Waals surface area contributed by atoms with Gasteiger partial charge in [0.05, 0.1) is 5.92 Å². The number of aromatic nitrogens is 1. The van der Waals surface area contributed by atoms with Crippen LogP contribution in [0.2, 0.25) is 0 Å². The minimum Gasteiger partial charge on any atom is -0.360 e. The van der Waals surface area contributed by atoms with E-state index < -0.39 is 0 Å². The molecular formula is C17H12BrNO. The number of H-pyrrole nitrogens is 1. The van der Waals surface area contributed by atoms with Gasteiger partial charge in [0, 0.05) is 27.1 Å². The second kappa shape index (κ2) is 4.32. The lowest BCUT2D eigenvalue weighted by atomic mass is 9.74. The molecule has 0 bridgehead atoms. The molecular weight excluding hydrogens is 314 g/mol. The summed E-state index contributed by atoms with van der Waals surface area (Å²) < 4.78 is 0.993. The Morgan fingerprint density at radius 1 is 1.20 bits per heavy atom. The van der Waals surface area contributed by atoms with Crippen molar-refractivity contribution in [2.75, 3.05) is 0 Å². The quantitative estimate of drug-likeness (QED) is 0.693. The van der Waals surface area contributed by atoms with E-state index in [2.05, 4.69) is 33.0 Å². The van der Waals surface area contributed by atoms with Gasteiger partial charge >= 0.3 is 0 Å². The summed E-state index contributed by atoms with van der Waals surface area (Å²) in [6.45, 7) is 0. The molecule has 0 saturated carbocycles. The molecule has 0 spiro atoms. The zero-order valence-electron chi connectivity index (χ0n) is 10.7. The number of nitrogens with one attached hydrogen (secondary N) is 1. The molecule has 0 aliphatic heterocycles. The van der Waals surface area contributed by atoms with E-state index in [0.717, 1.165) is 27.4 Å². The Balaban J connectivity index is 1.77. The second-order valence-corrected chi connectivity index (χ2v) is 6.13. The molecule has 1 N–H and O–H groups in total. The second-order valence-electron chi connectivity index (χ2n) is 5.21. The summed E-state index contributed by atoms with van der Waals surface area (Å²) >= 11 is 3.47. The van der Waals surface area contributed by atoms with Crippen LogP contribution >= 0.6 is 15.9 Å². The van der Waals surface area contributed by atoms with Gasteiger partial charge in [0.2, 0.25) is 0 Å². The molecule has 0 saturated heterocycles. The van der Waals surface area contributed by atoms with Crippen molar-refractivity contribution < 1.29 is 4.79 Å². The maximum Gasteiger partial charge on any atom is 0.172 e. The number of carbonyl (C=O) groups excluding carboxylic acids is 1. The maximum absolute atomic E-state index is 12.7. The lowest BCUT2D eigenvalue weighted by Crippen LogP contribution is -2.25. The Labute approximate surface area is 124 Å². The van der Waals surface area contributed by atoms with E-state index >= 15 is 0 Å². The summed E-state index contributed by atoms with van der Waals surface area (Å²) in [6.07, 6.45) is 2.69. The number of aromatic amines is 1. The van der Waals surface area contributed by atoms with Crippen LogP contribution in [0, 0.1) is 0 Å². The van der Waals surface area contributed by atoms with Gasteiger partial charge in [-0.15, -0.1) is 0 Å². The third kappa shape index (κ3) is 1.66. The van der Waals surface area contributed by atoms with E-state index in [1.165, 1.54) is 11.1 Å². The van der Waals surface area contributed by atoms with Gasteiger partial charge in [0.1, 0.15) is 0 Å². The molecule has 2 nitrogen and oxygen atoms in total. The highest BCUT2D eigenvalue weighted by Gasteiger charge is 2.33. The van der Waals surface area contributed by atoms with Gasteiger partial charge in [-0.1, -0.05) is 40.2 Å². The highest BCUT2D eigenvalue weighted by atomic mass is 79.9. The molecule has 1 aliphatic rings. The molecule has 1 atom stereocenters. The minimum atomic E-state index is 0.0178. The summed E-state index contributed by atoms with van der Waals surface area (Å²) in [6, 6.07) is 14.2. The van der Waals surface area contributed by atoms with Crippen LogP contribution in [-0.4, -0.2) is 10.8 Å². The molecule has 3 heteroatoms. The van der Waals surface area contributed by atoms with E-state index in [1.54, 1.807) is 0 Å². The maximum atomic E-state index is 12.7. The van der Waals surface area contributed by atoms with Crippen LogP contribution in [0.15, 0.2) is 53.1 Å². The van der Waals surface area contributed by atoms with Crippen molar-refractivity contribution in [1.82, 2.24) is 4.98 Å². The highest BCUT2D eigenvalue weighted by molar-refractivity contribution is 9.10. The third-order valence-electron chi connectivity index (χ3n) is 4.08. The lowest BCUT2D eigenvalue weighted by molar-refractivity contribution is 0.0950. The fourth-order valence-corrected chi connectivity index (χ4v) is 3.34. The average molecular weight is 326 g/mol. The largest absolute Gasteiger partial charge is 0.360 e. The minimum absolute atomic E-state index is 0.0178. The molecule has 0 amide bonds. The van der Waals surface area contributed by atoms with Crippen LogP contribution < -0.4 is 0 Å². The summed E-state index contributed by atoms with van der Waals surface area (Å²) in [5.74, 6) is 0.234. The number of benzene rings is 2. The summed E-state index contributed by atoms with van der Waals surface area (Å²) in [5, 5.41) is 0.994. The average Bonchev–Trinajstić information content (AvgIpc) is 2.83. The predicted molar refractivity (Wildman–Crippen MR) is 83.2 cm³/mol. The fourth-order valence-electron chi connectivity index (χ4n) is 2.98. The smallest absolute Gasteiger partial charge is 0.172 e. The summed E-state index contributed by atoms with van der Waals surface area (Å²) in [7, 11) is 0. The molecule has 98 valence electrons. The number of halogens is 1. The Morgan fingerprint density at radius 2 is 2.05 bits per heavy atom. The first-order chi connectivity index (χ1) is 9.74. The SMILES string of the molecule is O=C(c1c[nH]c2ccc(Br)cc12)C1Cc2ccccc21.